The highest BCUT2D eigenvalue weighted by atomic mass is 19.3. The van der Waals surface area contributed by atoms with Gasteiger partial charge in [0.25, 0.3) is 5.91 Å². The van der Waals surface area contributed by atoms with Crippen molar-refractivity contribution in [3.63, 3.8) is 0 Å². The summed E-state index contributed by atoms with van der Waals surface area (Å²) in [5.41, 5.74) is 0.726. The van der Waals surface area contributed by atoms with Crippen LogP contribution < -0.4 is 14.4 Å². The van der Waals surface area contributed by atoms with Crippen molar-refractivity contribution in [1.29, 1.82) is 0 Å². The molecule has 0 radical (unpaired) electrons. The molecule has 3 aromatic rings. The quantitative estimate of drug-likeness (QED) is 0.357. The van der Waals surface area contributed by atoms with Crippen molar-refractivity contribution >= 4 is 23.0 Å². The van der Waals surface area contributed by atoms with Crippen molar-refractivity contribution in [2.75, 3.05) is 4.90 Å². The molecule has 1 unspecified atom stereocenters. The van der Waals surface area contributed by atoms with Crippen LogP contribution in [0.1, 0.15) is 18.0 Å². The monoisotopic (exact) mass is 494 g/mol. The van der Waals surface area contributed by atoms with Crippen LogP contribution in [0.5, 0.6) is 11.5 Å². The fourth-order valence-corrected chi connectivity index (χ4v) is 3.71. The minimum Gasteiger partial charge on any atom is -0.435 e. The molecule has 5 nitrogen and oxygen atoms in total. The Morgan fingerprint density at radius 3 is 1.83 bits per heavy atom. The predicted octanol–water partition coefficient (Wildman–Crippen LogP) is 6.42. The van der Waals surface area contributed by atoms with E-state index >= 15 is 0 Å². The number of aliphatic imine (C=N–C) groups is 1. The molecule has 0 aliphatic carbocycles. The van der Waals surface area contributed by atoms with Gasteiger partial charge in [-0.05, 0) is 66.2 Å². The highest BCUT2D eigenvalue weighted by Gasteiger charge is 2.39. The van der Waals surface area contributed by atoms with Gasteiger partial charge in [0.2, 0.25) is 0 Å². The Hall–Kier alpha value is -4.02. The first kappa shape index (κ1) is 24.1. The average molecular weight is 494 g/mol. The van der Waals surface area contributed by atoms with Gasteiger partial charge in [0.1, 0.15) is 28.8 Å². The summed E-state index contributed by atoms with van der Waals surface area (Å²) in [4.78, 5) is 18.8. The fraction of sp³-hybridized carbons (Fsp3) is 0.167. The van der Waals surface area contributed by atoms with Gasteiger partial charge in [0, 0.05) is 18.2 Å². The van der Waals surface area contributed by atoms with Crippen LogP contribution >= 0.6 is 0 Å². The maximum atomic E-state index is 13.9. The molecule has 0 saturated carbocycles. The molecule has 1 heterocycles. The SMILES string of the molecule is O=C1C(=Nc2ccc(OC(F)F)cc2)CC(c2cc(F)cc(F)c2)N1c1ccc(OC(F)F)cc1. The molecule has 1 amide bonds. The zero-order chi connectivity index (χ0) is 25.1. The molecule has 0 spiro atoms. The molecule has 1 atom stereocenters. The largest absolute Gasteiger partial charge is 0.435 e. The molecule has 35 heavy (non-hydrogen) atoms. The van der Waals surface area contributed by atoms with Crippen molar-refractivity contribution in [3.8, 4) is 11.5 Å². The van der Waals surface area contributed by atoms with Crippen LogP contribution in [0.3, 0.4) is 0 Å². The van der Waals surface area contributed by atoms with Gasteiger partial charge >= 0.3 is 13.2 Å². The maximum absolute atomic E-state index is 13.9. The summed E-state index contributed by atoms with van der Waals surface area (Å²) < 4.78 is 86.1. The van der Waals surface area contributed by atoms with Crippen LogP contribution in [0.25, 0.3) is 0 Å². The number of hydrogen-bond donors (Lipinski definition) is 0. The highest BCUT2D eigenvalue weighted by Crippen LogP contribution is 2.38. The minimum atomic E-state index is -3.03. The number of hydrogen-bond acceptors (Lipinski definition) is 4. The summed E-state index contributed by atoms with van der Waals surface area (Å²) >= 11 is 0. The zero-order valence-electron chi connectivity index (χ0n) is 17.7. The van der Waals surface area contributed by atoms with Gasteiger partial charge in [-0.15, -0.1) is 0 Å². The Morgan fingerprint density at radius 1 is 0.800 bits per heavy atom. The molecule has 0 aromatic heterocycles. The standard InChI is InChI=1S/C24H16F6N2O3/c25-14-9-13(10-15(26)11-14)21-12-20(31-16-1-5-18(6-2-16)34-23(27)28)22(33)32(21)17-3-7-19(8-4-17)35-24(29)30/h1-11,21,23-24H,12H2. The van der Waals surface area contributed by atoms with Gasteiger partial charge in [0.05, 0.1) is 11.7 Å². The van der Waals surface area contributed by atoms with Gasteiger partial charge < -0.3 is 9.47 Å². The van der Waals surface area contributed by atoms with Gasteiger partial charge in [-0.2, -0.15) is 17.6 Å². The molecule has 182 valence electrons. The number of carbonyl (C=O) groups is 1. The number of benzene rings is 3. The van der Waals surface area contributed by atoms with Crippen LogP contribution in [-0.4, -0.2) is 24.8 Å². The first-order chi connectivity index (χ1) is 16.7. The van der Waals surface area contributed by atoms with Crippen LogP contribution in [0.2, 0.25) is 0 Å². The molecule has 11 heteroatoms. The molecular weight excluding hydrogens is 478 g/mol. The minimum absolute atomic E-state index is 0.0354. The topological polar surface area (TPSA) is 51.1 Å². The number of ether oxygens (including phenoxy) is 2. The lowest BCUT2D eigenvalue weighted by Crippen LogP contribution is -2.29. The van der Waals surface area contributed by atoms with Gasteiger partial charge in [-0.1, -0.05) is 0 Å². The van der Waals surface area contributed by atoms with Crippen molar-refractivity contribution in [1.82, 2.24) is 0 Å². The van der Waals surface area contributed by atoms with E-state index in [4.69, 9.17) is 0 Å². The van der Waals surface area contributed by atoms with Crippen molar-refractivity contribution in [2.24, 2.45) is 4.99 Å². The number of rotatable bonds is 7. The smallest absolute Gasteiger partial charge is 0.387 e. The molecule has 1 fully saturated rings. The molecule has 4 rings (SSSR count). The van der Waals surface area contributed by atoms with Gasteiger partial charge in [-0.25, -0.2) is 13.8 Å². The molecule has 3 aromatic carbocycles. The van der Waals surface area contributed by atoms with Crippen LogP contribution in [0.15, 0.2) is 71.7 Å². The lowest BCUT2D eigenvalue weighted by Gasteiger charge is -2.25. The number of amides is 1. The number of carbonyl (C=O) groups excluding carboxylic acids is 1. The number of alkyl halides is 4. The highest BCUT2D eigenvalue weighted by molar-refractivity contribution is 6.46. The second-order valence-corrected chi connectivity index (χ2v) is 7.40. The third-order valence-corrected chi connectivity index (χ3v) is 5.10. The zero-order valence-corrected chi connectivity index (χ0v) is 17.7. The normalized spacial score (nSPS) is 17.0. The summed E-state index contributed by atoms with van der Waals surface area (Å²) in [6, 6.07) is 12.4. The molecular formula is C24H16F6N2O3. The Morgan fingerprint density at radius 2 is 1.31 bits per heavy atom. The number of anilines is 1. The molecule has 1 aliphatic rings. The van der Waals surface area contributed by atoms with E-state index in [9.17, 15) is 31.1 Å². The van der Waals surface area contributed by atoms with E-state index in [0.29, 0.717) is 6.07 Å². The van der Waals surface area contributed by atoms with E-state index in [0.717, 1.165) is 12.1 Å². The molecule has 0 N–H and O–H groups in total. The predicted molar refractivity (Wildman–Crippen MR) is 114 cm³/mol. The first-order valence-electron chi connectivity index (χ1n) is 10.2. The fourth-order valence-electron chi connectivity index (χ4n) is 3.71. The number of halogens is 6. The lowest BCUT2D eigenvalue weighted by molar-refractivity contribution is -0.112. The Labute approximate surface area is 195 Å². The lowest BCUT2D eigenvalue weighted by atomic mass is 10.0. The van der Waals surface area contributed by atoms with E-state index in [1.807, 2.05) is 0 Å². The third kappa shape index (κ3) is 5.73. The molecule has 0 bridgehead atoms. The van der Waals surface area contributed by atoms with E-state index in [1.54, 1.807) is 0 Å². The summed E-state index contributed by atoms with van der Waals surface area (Å²) in [5.74, 6) is -2.50. The second-order valence-electron chi connectivity index (χ2n) is 7.40. The van der Waals surface area contributed by atoms with Crippen LogP contribution in [0.4, 0.5) is 37.7 Å². The molecule has 1 aliphatic heterocycles. The van der Waals surface area contributed by atoms with E-state index < -0.39 is 36.8 Å². The van der Waals surface area contributed by atoms with Gasteiger partial charge in [-0.3, -0.25) is 9.69 Å². The Kier molecular flexibility index (Phi) is 6.94. The summed E-state index contributed by atoms with van der Waals surface area (Å²) in [6.45, 7) is -6.03. The first-order valence-corrected chi connectivity index (χ1v) is 10.2. The number of nitrogens with zero attached hydrogens (tertiary/aromatic N) is 2. The molecule has 1 saturated heterocycles. The Balaban J connectivity index is 1.69. The van der Waals surface area contributed by atoms with Crippen molar-refractivity contribution in [3.05, 3.63) is 83.9 Å². The van der Waals surface area contributed by atoms with Crippen molar-refractivity contribution in [2.45, 2.75) is 25.7 Å². The second kappa shape index (κ2) is 10.1. The summed E-state index contributed by atoms with van der Waals surface area (Å²) in [6.07, 6.45) is -0.0354. The Bertz CT molecular complexity index is 1210. The summed E-state index contributed by atoms with van der Waals surface area (Å²) in [7, 11) is 0. The van der Waals surface area contributed by atoms with Gasteiger partial charge in [0.15, 0.2) is 0 Å². The van der Waals surface area contributed by atoms with E-state index in [2.05, 4.69) is 14.5 Å². The van der Waals surface area contributed by atoms with Crippen molar-refractivity contribution < 1.29 is 40.6 Å². The van der Waals surface area contributed by atoms with E-state index in [-0.39, 0.29) is 40.6 Å². The van der Waals surface area contributed by atoms with E-state index in [1.165, 1.54) is 53.4 Å². The summed E-state index contributed by atoms with van der Waals surface area (Å²) in [5, 5.41) is 0. The third-order valence-electron chi connectivity index (χ3n) is 5.10. The van der Waals surface area contributed by atoms with Crippen LogP contribution in [-0.2, 0) is 4.79 Å². The maximum Gasteiger partial charge on any atom is 0.387 e. The average Bonchev–Trinajstić information content (AvgIpc) is 3.10. The van der Waals surface area contributed by atoms with Crippen LogP contribution in [0, 0.1) is 11.6 Å².